The Labute approximate surface area is 165 Å². The predicted molar refractivity (Wildman–Crippen MR) is 107 cm³/mol. The molecule has 0 amide bonds. The van der Waals surface area contributed by atoms with Gasteiger partial charge < -0.3 is 21.9 Å². The fraction of sp³-hybridized carbons (Fsp3) is 0.556. The molecule has 148 valence electrons. The molecule has 1 heterocycles. The van der Waals surface area contributed by atoms with Gasteiger partial charge in [-0.2, -0.15) is 0 Å². The van der Waals surface area contributed by atoms with E-state index in [4.69, 9.17) is 39.8 Å². The molecule has 1 fully saturated rings. The second-order valence-corrected chi connectivity index (χ2v) is 6.67. The summed E-state index contributed by atoms with van der Waals surface area (Å²) < 4.78 is 0. The van der Waals surface area contributed by atoms with Crippen molar-refractivity contribution in [1.29, 1.82) is 0 Å². The van der Waals surface area contributed by atoms with Gasteiger partial charge in [0.25, 0.3) is 0 Å². The summed E-state index contributed by atoms with van der Waals surface area (Å²) in [6.45, 7) is 3.10. The Hall–Kier alpha value is -1.18. The molecule has 6 nitrogen and oxygen atoms in total. The summed E-state index contributed by atoms with van der Waals surface area (Å²) in [5.41, 5.74) is 10.9. The molecule has 1 aromatic rings. The zero-order valence-corrected chi connectivity index (χ0v) is 16.4. The van der Waals surface area contributed by atoms with E-state index in [2.05, 4.69) is 5.32 Å². The van der Waals surface area contributed by atoms with E-state index < -0.39 is 12.0 Å². The number of hydrogen-bond acceptors (Lipinski definition) is 5. The first-order valence-electron chi connectivity index (χ1n) is 8.71. The minimum absolute atomic E-state index is 0.391. The molecule has 8 heteroatoms. The second kappa shape index (κ2) is 16.0. The van der Waals surface area contributed by atoms with Gasteiger partial charge in [-0.25, -0.2) is 0 Å². The molecular formula is C18H29Cl2N3O3. The number of nitrogens with one attached hydrogen (secondary N) is 1. The predicted octanol–water partition coefficient (Wildman–Crippen LogP) is 3.09. The number of nitrogens with two attached hydrogens (primary N) is 2. The largest absolute Gasteiger partial charge is 0.480 e. The third-order valence-corrected chi connectivity index (χ3v) is 4.15. The van der Waals surface area contributed by atoms with E-state index in [0.717, 1.165) is 12.8 Å². The fourth-order valence-corrected chi connectivity index (χ4v) is 2.48. The van der Waals surface area contributed by atoms with Crippen molar-refractivity contribution in [3.63, 3.8) is 0 Å². The van der Waals surface area contributed by atoms with Gasteiger partial charge in [-0.3, -0.25) is 9.59 Å². The number of carboxylic acid groups (broad SMARTS) is 1. The van der Waals surface area contributed by atoms with Crippen LogP contribution in [0.5, 0.6) is 0 Å². The Bertz CT molecular complexity index is 515. The summed E-state index contributed by atoms with van der Waals surface area (Å²) in [6.07, 6.45) is 7.07. The SMILES string of the molecule is C1CCNCC1.NCCCC[C@H](N)C(=O)O.O=Cc1ccc(Cl)cc1Cl. The highest BCUT2D eigenvalue weighted by atomic mass is 35.5. The van der Waals surface area contributed by atoms with Crippen LogP contribution in [-0.4, -0.2) is 43.0 Å². The van der Waals surface area contributed by atoms with Crippen molar-refractivity contribution in [2.45, 2.75) is 44.6 Å². The highest BCUT2D eigenvalue weighted by Crippen LogP contribution is 2.18. The third-order valence-electron chi connectivity index (χ3n) is 3.58. The van der Waals surface area contributed by atoms with Gasteiger partial charge in [0.05, 0.1) is 5.02 Å². The topological polar surface area (TPSA) is 118 Å². The number of carboxylic acids is 1. The van der Waals surface area contributed by atoms with E-state index in [1.54, 1.807) is 12.1 Å². The molecule has 6 N–H and O–H groups in total. The molecule has 1 aliphatic heterocycles. The van der Waals surface area contributed by atoms with Crippen LogP contribution in [-0.2, 0) is 4.79 Å². The Morgan fingerprint density at radius 3 is 2.27 bits per heavy atom. The van der Waals surface area contributed by atoms with Gasteiger partial charge in [-0.1, -0.05) is 36.0 Å². The first kappa shape index (κ1) is 24.8. The Balaban J connectivity index is 0.000000372. The fourth-order valence-electron chi connectivity index (χ4n) is 2.03. The molecule has 0 bridgehead atoms. The highest BCUT2D eigenvalue weighted by molar-refractivity contribution is 6.36. The van der Waals surface area contributed by atoms with Crippen molar-refractivity contribution >= 4 is 35.5 Å². The molecule has 1 saturated heterocycles. The van der Waals surface area contributed by atoms with E-state index in [1.807, 2.05) is 0 Å². The molecule has 26 heavy (non-hydrogen) atoms. The van der Waals surface area contributed by atoms with Crippen LogP contribution >= 0.6 is 23.2 Å². The van der Waals surface area contributed by atoms with Gasteiger partial charge in [-0.15, -0.1) is 0 Å². The van der Waals surface area contributed by atoms with Gasteiger partial charge in [0.2, 0.25) is 0 Å². The minimum Gasteiger partial charge on any atom is -0.480 e. The molecule has 1 aliphatic rings. The van der Waals surface area contributed by atoms with Crippen LogP contribution in [0.2, 0.25) is 10.0 Å². The molecule has 0 saturated carbocycles. The lowest BCUT2D eigenvalue weighted by Crippen LogP contribution is -2.29. The average molecular weight is 406 g/mol. The Kier molecular flexibility index (Phi) is 15.3. The first-order chi connectivity index (χ1) is 12.4. The number of hydrogen-bond donors (Lipinski definition) is 4. The van der Waals surface area contributed by atoms with Crippen molar-refractivity contribution in [2.75, 3.05) is 19.6 Å². The summed E-state index contributed by atoms with van der Waals surface area (Å²) in [5, 5.41) is 12.5. The van der Waals surface area contributed by atoms with E-state index in [0.29, 0.717) is 34.9 Å². The number of carbonyl (C=O) groups excluding carboxylic acids is 1. The summed E-state index contributed by atoms with van der Waals surface area (Å²) >= 11 is 11.2. The quantitative estimate of drug-likeness (QED) is 0.426. The van der Waals surface area contributed by atoms with Gasteiger partial charge in [-0.05, 0) is 63.5 Å². The van der Waals surface area contributed by atoms with Crippen molar-refractivity contribution < 1.29 is 14.7 Å². The molecule has 0 unspecified atom stereocenters. The number of piperidine rings is 1. The number of carbonyl (C=O) groups is 2. The molecule has 1 aromatic carbocycles. The third kappa shape index (κ3) is 13.1. The monoisotopic (exact) mass is 405 g/mol. The standard InChI is InChI=1S/C7H4Cl2O.C6H14N2O2.C5H11N/c8-6-2-1-5(4-10)7(9)3-6;7-4-2-1-3-5(8)6(9)10;1-2-4-6-5-3-1/h1-4H;5H,1-4,7-8H2,(H,9,10);6H,1-5H2/t;5-;/m.0./s1. The number of rotatable bonds is 6. The van der Waals surface area contributed by atoms with Gasteiger partial charge in [0.1, 0.15) is 6.04 Å². The van der Waals surface area contributed by atoms with Crippen molar-refractivity contribution in [1.82, 2.24) is 5.32 Å². The van der Waals surface area contributed by atoms with E-state index in [1.165, 1.54) is 38.4 Å². The van der Waals surface area contributed by atoms with Crippen molar-refractivity contribution in [3.05, 3.63) is 33.8 Å². The Morgan fingerprint density at radius 2 is 1.88 bits per heavy atom. The lowest BCUT2D eigenvalue weighted by Gasteiger charge is -2.08. The summed E-state index contributed by atoms with van der Waals surface area (Å²) in [5.74, 6) is -0.933. The van der Waals surface area contributed by atoms with Crippen LogP contribution < -0.4 is 16.8 Å². The highest BCUT2D eigenvalue weighted by Gasteiger charge is 2.09. The van der Waals surface area contributed by atoms with Crippen LogP contribution in [0.15, 0.2) is 18.2 Å². The molecular weight excluding hydrogens is 377 g/mol. The maximum atomic E-state index is 10.2. The summed E-state index contributed by atoms with van der Waals surface area (Å²) in [4.78, 5) is 20.3. The molecule has 0 spiro atoms. The van der Waals surface area contributed by atoms with E-state index >= 15 is 0 Å². The molecule has 0 aromatic heterocycles. The number of aliphatic carboxylic acids is 1. The zero-order valence-electron chi connectivity index (χ0n) is 14.9. The molecule has 2 rings (SSSR count). The average Bonchev–Trinajstić information content (AvgIpc) is 2.64. The summed E-state index contributed by atoms with van der Waals surface area (Å²) in [6, 6.07) is 4.02. The van der Waals surface area contributed by atoms with Crippen LogP contribution in [0, 0.1) is 0 Å². The maximum absolute atomic E-state index is 10.2. The number of halogens is 2. The number of unbranched alkanes of at least 4 members (excludes halogenated alkanes) is 1. The molecule has 0 aliphatic carbocycles. The maximum Gasteiger partial charge on any atom is 0.320 e. The van der Waals surface area contributed by atoms with Gasteiger partial charge >= 0.3 is 5.97 Å². The minimum atomic E-state index is -0.933. The van der Waals surface area contributed by atoms with Crippen molar-refractivity contribution in [3.8, 4) is 0 Å². The van der Waals surface area contributed by atoms with Crippen LogP contribution in [0.1, 0.15) is 48.9 Å². The van der Waals surface area contributed by atoms with E-state index in [-0.39, 0.29) is 0 Å². The second-order valence-electron chi connectivity index (χ2n) is 5.82. The Morgan fingerprint density at radius 1 is 1.23 bits per heavy atom. The molecule has 1 atom stereocenters. The zero-order chi connectivity index (χ0) is 19.8. The number of aldehydes is 1. The van der Waals surface area contributed by atoms with Crippen LogP contribution in [0.25, 0.3) is 0 Å². The van der Waals surface area contributed by atoms with Gasteiger partial charge in [0.15, 0.2) is 6.29 Å². The molecule has 0 radical (unpaired) electrons. The smallest absolute Gasteiger partial charge is 0.320 e. The summed E-state index contributed by atoms with van der Waals surface area (Å²) in [7, 11) is 0. The number of benzene rings is 1. The van der Waals surface area contributed by atoms with Crippen LogP contribution in [0.4, 0.5) is 0 Å². The van der Waals surface area contributed by atoms with E-state index in [9.17, 15) is 9.59 Å². The normalized spacial score (nSPS) is 14.2. The van der Waals surface area contributed by atoms with Crippen LogP contribution in [0.3, 0.4) is 0 Å². The van der Waals surface area contributed by atoms with Crippen molar-refractivity contribution in [2.24, 2.45) is 11.5 Å². The lowest BCUT2D eigenvalue weighted by molar-refractivity contribution is -0.138. The first-order valence-corrected chi connectivity index (χ1v) is 9.47. The van der Waals surface area contributed by atoms with Gasteiger partial charge in [0, 0.05) is 10.6 Å². The lowest BCUT2D eigenvalue weighted by atomic mass is 10.1.